The number of benzene rings is 1. The standard InChI is InChI=1S/C21H27N3O/c25-21-15-19-7-4-8-20(19)22-24(21)16-18-10-13-23(14-11-18)12-9-17-5-2-1-3-6-17/h1-3,5-6,15,18H,4,7-14,16H2. The largest absolute Gasteiger partial charge is 0.303 e. The van der Waals surface area contributed by atoms with Gasteiger partial charge in [0.25, 0.3) is 5.56 Å². The van der Waals surface area contributed by atoms with Crippen LogP contribution in [0.25, 0.3) is 0 Å². The van der Waals surface area contributed by atoms with Gasteiger partial charge in [0.2, 0.25) is 0 Å². The number of likely N-dealkylation sites (tertiary alicyclic amines) is 1. The maximum Gasteiger partial charge on any atom is 0.267 e. The summed E-state index contributed by atoms with van der Waals surface area (Å²) < 4.78 is 1.73. The van der Waals surface area contributed by atoms with Gasteiger partial charge in [-0.2, -0.15) is 5.10 Å². The summed E-state index contributed by atoms with van der Waals surface area (Å²) in [6, 6.07) is 12.5. The Morgan fingerprint density at radius 3 is 2.68 bits per heavy atom. The molecule has 4 rings (SSSR count). The highest BCUT2D eigenvalue weighted by Gasteiger charge is 2.21. The number of rotatable bonds is 5. The van der Waals surface area contributed by atoms with Crippen LogP contribution < -0.4 is 5.56 Å². The molecule has 1 saturated heterocycles. The van der Waals surface area contributed by atoms with Gasteiger partial charge in [-0.25, -0.2) is 4.68 Å². The van der Waals surface area contributed by atoms with E-state index in [1.807, 2.05) is 6.07 Å². The summed E-state index contributed by atoms with van der Waals surface area (Å²) in [6.45, 7) is 4.20. The van der Waals surface area contributed by atoms with E-state index in [2.05, 4.69) is 40.3 Å². The molecule has 0 amide bonds. The van der Waals surface area contributed by atoms with Crippen molar-refractivity contribution in [2.75, 3.05) is 19.6 Å². The Kier molecular flexibility index (Phi) is 4.97. The van der Waals surface area contributed by atoms with Gasteiger partial charge in [0, 0.05) is 19.2 Å². The van der Waals surface area contributed by atoms with E-state index >= 15 is 0 Å². The number of hydrogen-bond acceptors (Lipinski definition) is 3. The Bertz CT molecular complexity index is 760. The first kappa shape index (κ1) is 16.5. The lowest BCUT2D eigenvalue weighted by Gasteiger charge is -2.32. The number of nitrogens with zero attached hydrogens (tertiary/aromatic N) is 3. The van der Waals surface area contributed by atoms with E-state index in [0.29, 0.717) is 5.92 Å². The highest BCUT2D eigenvalue weighted by Crippen LogP contribution is 2.20. The van der Waals surface area contributed by atoms with Crippen LogP contribution in [0, 0.1) is 5.92 Å². The molecule has 2 heterocycles. The monoisotopic (exact) mass is 337 g/mol. The molecule has 4 heteroatoms. The minimum absolute atomic E-state index is 0.0900. The van der Waals surface area contributed by atoms with Crippen molar-refractivity contribution in [1.82, 2.24) is 14.7 Å². The van der Waals surface area contributed by atoms with E-state index in [9.17, 15) is 4.79 Å². The minimum atomic E-state index is 0.0900. The van der Waals surface area contributed by atoms with E-state index in [0.717, 1.165) is 57.6 Å². The zero-order valence-electron chi connectivity index (χ0n) is 14.9. The highest BCUT2D eigenvalue weighted by atomic mass is 16.1. The second kappa shape index (κ2) is 7.52. The van der Waals surface area contributed by atoms with Crippen molar-refractivity contribution >= 4 is 0 Å². The van der Waals surface area contributed by atoms with Crippen molar-refractivity contribution in [3.8, 4) is 0 Å². The van der Waals surface area contributed by atoms with Gasteiger partial charge in [-0.1, -0.05) is 30.3 Å². The number of aryl methyl sites for hydroxylation is 2. The first-order chi connectivity index (χ1) is 12.3. The van der Waals surface area contributed by atoms with Crippen molar-refractivity contribution in [2.45, 2.75) is 45.1 Å². The van der Waals surface area contributed by atoms with E-state index in [1.54, 1.807) is 4.68 Å². The summed E-state index contributed by atoms with van der Waals surface area (Å²) in [4.78, 5) is 14.8. The molecule has 0 atom stereocenters. The Balaban J connectivity index is 1.28. The second-order valence-corrected chi connectivity index (χ2v) is 7.51. The first-order valence-corrected chi connectivity index (χ1v) is 9.64. The molecule has 132 valence electrons. The average molecular weight is 337 g/mol. The van der Waals surface area contributed by atoms with E-state index in [4.69, 9.17) is 0 Å². The van der Waals surface area contributed by atoms with Gasteiger partial charge in [0.05, 0.1) is 5.69 Å². The zero-order valence-corrected chi connectivity index (χ0v) is 14.9. The topological polar surface area (TPSA) is 38.1 Å². The van der Waals surface area contributed by atoms with Gasteiger partial charge in [-0.15, -0.1) is 0 Å². The molecule has 0 N–H and O–H groups in total. The Labute approximate surface area is 149 Å². The third-order valence-corrected chi connectivity index (χ3v) is 5.72. The maximum atomic E-state index is 12.3. The van der Waals surface area contributed by atoms with Crippen LogP contribution in [-0.4, -0.2) is 34.3 Å². The minimum Gasteiger partial charge on any atom is -0.303 e. The van der Waals surface area contributed by atoms with Crippen LogP contribution in [0.15, 0.2) is 41.2 Å². The number of hydrogen-bond donors (Lipinski definition) is 0. The molecule has 0 bridgehead atoms. The molecule has 2 aliphatic rings. The van der Waals surface area contributed by atoms with Crippen LogP contribution in [0.5, 0.6) is 0 Å². The third kappa shape index (κ3) is 4.01. The van der Waals surface area contributed by atoms with Crippen LogP contribution in [0.1, 0.15) is 36.1 Å². The average Bonchev–Trinajstić information content (AvgIpc) is 3.09. The quantitative estimate of drug-likeness (QED) is 0.842. The van der Waals surface area contributed by atoms with Gasteiger partial charge in [-0.05, 0) is 68.7 Å². The zero-order chi connectivity index (χ0) is 17.1. The van der Waals surface area contributed by atoms with Crippen molar-refractivity contribution in [3.63, 3.8) is 0 Å². The number of fused-ring (bicyclic) bond motifs is 1. The maximum absolute atomic E-state index is 12.3. The summed E-state index contributed by atoms with van der Waals surface area (Å²) in [5.41, 5.74) is 3.84. The van der Waals surface area contributed by atoms with E-state index in [1.165, 1.54) is 24.0 Å². The fourth-order valence-electron chi connectivity index (χ4n) is 4.14. The predicted molar refractivity (Wildman–Crippen MR) is 99.8 cm³/mol. The molecule has 0 radical (unpaired) electrons. The molecular weight excluding hydrogens is 310 g/mol. The smallest absolute Gasteiger partial charge is 0.267 e. The molecular formula is C21H27N3O. The molecule has 1 aliphatic heterocycles. The van der Waals surface area contributed by atoms with Crippen LogP contribution in [-0.2, 0) is 25.8 Å². The predicted octanol–water partition coefficient (Wildman–Crippen LogP) is 2.69. The second-order valence-electron chi connectivity index (χ2n) is 7.51. The summed E-state index contributed by atoms with van der Waals surface area (Å²) >= 11 is 0. The van der Waals surface area contributed by atoms with Crippen LogP contribution in [0.4, 0.5) is 0 Å². The van der Waals surface area contributed by atoms with Crippen molar-refractivity contribution in [1.29, 1.82) is 0 Å². The molecule has 1 aliphatic carbocycles. The summed E-state index contributed by atoms with van der Waals surface area (Å²) in [7, 11) is 0. The molecule has 4 nitrogen and oxygen atoms in total. The third-order valence-electron chi connectivity index (χ3n) is 5.72. The molecule has 1 aromatic heterocycles. The molecule has 1 aromatic carbocycles. The first-order valence-electron chi connectivity index (χ1n) is 9.64. The normalized spacial score (nSPS) is 18.4. The molecule has 0 saturated carbocycles. The van der Waals surface area contributed by atoms with Gasteiger partial charge in [0.15, 0.2) is 0 Å². The van der Waals surface area contributed by atoms with E-state index in [-0.39, 0.29) is 5.56 Å². The lowest BCUT2D eigenvalue weighted by Crippen LogP contribution is -2.38. The van der Waals surface area contributed by atoms with Crippen molar-refractivity contribution in [2.24, 2.45) is 5.92 Å². The Morgan fingerprint density at radius 2 is 1.88 bits per heavy atom. The molecule has 1 fully saturated rings. The van der Waals surface area contributed by atoms with Gasteiger partial charge in [-0.3, -0.25) is 4.79 Å². The highest BCUT2D eigenvalue weighted by molar-refractivity contribution is 5.22. The van der Waals surface area contributed by atoms with E-state index < -0.39 is 0 Å². The Hall–Kier alpha value is -1.94. The van der Waals surface area contributed by atoms with Crippen molar-refractivity contribution in [3.05, 3.63) is 63.6 Å². The number of aromatic nitrogens is 2. The fraction of sp³-hybridized carbons (Fsp3) is 0.524. The van der Waals surface area contributed by atoms with Crippen molar-refractivity contribution < 1.29 is 0 Å². The molecule has 2 aromatic rings. The summed E-state index contributed by atoms with van der Waals surface area (Å²) in [6.07, 6.45) is 6.66. The summed E-state index contributed by atoms with van der Waals surface area (Å²) in [5, 5.41) is 4.63. The van der Waals surface area contributed by atoms with Crippen LogP contribution >= 0.6 is 0 Å². The SMILES string of the molecule is O=c1cc2c(nn1CC1CCN(CCc3ccccc3)CC1)CCC2. The van der Waals surface area contributed by atoms with Gasteiger partial charge >= 0.3 is 0 Å². The van der Waals surface area contributed by atoms with Gasteiger partial charge in [0.1, 0.15) is 0 Å². The van der Waals surface area contributed by atoms with Gasteiger partial charge < -0.3 is 4.90 Å². The van der Waals surface area contributed by atoms with Crippen LogP contribution in [0.3, 0.4) is 0 Å². The number of piperidine rings is 1. The molecule has 0 spiro atoms. The van der Waals surface area contributed by atoms with Crippen LogP contribution in [0.2, 0.25) is 0 Å². The lowest BCUT2D eigenvalue weighted by molar-refractivity contribution is 0.171. The Morgan fingerprint density at radius 1 is 1.08 bits per heavy atom. The fourth-order valence-corrected chi connectivity index (χ4v) is 4.14. The summed E-state index contributed by atoms with van der Waals surface area (Å²) in [5.74, 6) is 0.581. The molecule has 0 unspecified atom stereocenters. The molecule has 25 heavy (non-hydrogen) atoms. The lowest BCUT2D eigenvalue weighted by atomic mass is 9.96.